The molecule has 2 nitrogen and oxygen atoms in total. The zero-order chi connectivity index (χ0) is 24.4. The molecule has 0 spiro atoms. The summed E-state index contributed by atoms with van der Waals surface area (Å²) in [6.07, 6.45) is 16.9. The zero-order valence-corrected chi connectivity index (χ0v) is 23.8. The van der Waals surface area contributed by atoms with E-state index in [2.05, 4.69) is 66.1 Å². The Morgan fingerprint density at radius 2 is 1.82 bits per heavy atom. The van der Waals surface area contributed by atoms with Gasteiger partial charge in [0, 0.05) is 6.10 Å². The lowest BCUT2D eigenvalue weighted by molar-refractivity contribution is 0.0773. The van der Waals surface area contributed by atoms with Gasteiger partial charge in [0.05, 0.1) is 6.10 Å². The molecule has 0 bridgehead atoms. The zero-order valence-electron chi connectivity index (χ0n) is 22.8. The molecule has 0 heterocycles. The molecule has 3 fully saturated rings. The summed E-state index contributed by atoms with van der Waals surface area (Å²) in [7, 11) is -1.50. The van der Waals surface area contributed by atoms with Crippen LogP contribution in [0.5, 0.6) is 0 Å². The molecular formula is C30H52O2Si. The second-order valence-corrected chi connectivity index (χ2v) is 17.6. The van der Waals surface area contributed by atoms with Crippen molar-refractivity contribution in [2.75, 3.05) is 0 Å². The monoisotopic (exact) mass is 472 g/mol. The Labute approximate surface area is 206 Å². The Hall–Kier alpha value is -0.643. The van der Waals surface area contributed by atoms with Crippen LogP contribution in [0.2, 0.25) is 19.6 Å². The number of hydrogen-bond donors (Lipinski definition) is 1. The van der Waals surface area contributed by atoms with Gasteiger partial charge in [0.2, 0.25) is 0 Å². The van der Waals surface area contributed by atoms with E-state index in [0.717, 1.165) is 42.6 Å². The minimum atomic E-state index is -1.50. The predicted molar refractivity (Wildman–Crippen MR) is 145 cm³/mol. The number of fused-ring (bicyclic) bond motifs is 1. The van der Waals surface area contributed by atoms with E-state index < -0.39 is 8.32 Å². The van der Waals surface area contributed by atoms with Crippen molar-refractivity contribution >= 4 is 8.32 Å². The van der Waals surface area contributed by atoms with Gasteiger partial charge in [-0.25, -0.2) is 0 Å². The van der Waals surface area contributed by atoms with Crippen molar-refractivity contribution in [2.45, 2.75) is 124 Å². The van der Waals surface area contributed by atoms with Gasteiger partial charge < -0.3 is 9.53 Å². The second-order valence-electron chi connectivity index (χ2n) is 13.1. The van der Waals surface area contributed by atoms with Gasteiger partial charge in [0.25, 0.3) is 0 Å². The molecule has 3 heteroatoms. The molecule has 188 valence electrons. The number of allylic oxidation sites excluding steroid dienone is 4. The van der Waals surface area contributed by atoms with Gasteiger partial charge in [-0.05, 0) is 124 Å². The maximum Gasteiger partial charge on any atom is 0.184 e. The van der Waals surface area contributed by atoms with Crippen molar-refractivity contribution in [1.82, 2.24) is 0 Å². The lowest BCUT2D eigenvalue weighted by atomic mass is 9.60. The highest BCUT2D eigenvalue weighted by Crippen LogP contribution is 2.60. The highest BCUT2D eigenvalue weighted by Gasteiger charge is 2.50. The third-order valence-electron chi connectivity index (χ3n) is 9.06. The summed E-state index contributed by atoms with van der Waals surface area (Å²) in [5.74, 6) is 2.95. The van der Waals surface area contributed by atoms with Crippen molar-refractivity contribution in [3.05, 3.63) is 35.5 Å². The molecule has 3 aliphatic rings. The van der Waals surface area contributed by atoms with Gasteiger partial charge in [-0.3, -0.25) is 0 Å². The van der Waals surface area contributed by atoms with Crippen molar-refractivity contribution in [3.63, 3.8) is 0 Å². The van der Waals surface area contributed by atoms with E-state index in [1.54, 1.807) is 5.57 Å². The normalized spacial score (nSPS) is 35.3. The van der Waals surface area contributed by atoms with Gasteiger partial charge in [-0.2, -0.15) is 0 Å². The summed E-state index contributed by atoms with van der Waals surface area (Å²) in [6, 6.07) is 0. The average molecular weight is 473 g/mol. The van der Waals surface area contributed by atoms with Crippen LogP contribution in [0.15, 0.2) is 35.5 Å². The van der Waals surface area contributed by atoms with Gasteiger partial charge >= 0.3 is 0 Å². The predicted octanol–water partition coefficient (Wildman–Crippen LogP) is 8.45. The van der Waals surface area contributed by atoms with Gasteiger partial charge in [-0.15, -0.1) is 0 Å². The first-order valence-electron chi connectivity index (χ1n) is 13.8. The van der Waals surface area contributed by atoms with E-state index in [-0.39, 0.29) is 6.10 Å². The van der Waals surface area contributed by atoms with Crippen molar-refractivity contribution in [1.29, 1.82) is 0 Å². The van der Waals surface area contributed by atoms with Crippen LogP contribution >= 0.6 is 0 Å². The summed E-state index contributed by atoms with van der Waals surface area (Å²) < 4.78 is 6.57. The lowest BCUT2D eigenvalue weighted by Crippen LogP contribution is -2.37. The Kier molecular flexibility index (Phi) is 8.95. The quantitative estimate of drug-likeness (QED) is 0.359. The Balaban J connectivity index is 1.66. The summed E-state index contributed by atoms with van der Waals surface area (Å²) in [5, 5.41) is 9.91. The summed E-state index contributed by atoms with van der Waals surface area (Å²) >= 11 is 0. The smallest absolute Gasteiger partial charge is 0.184 e. The summed E-state index contributed by atoms with van der Waals surface area (Å²) in [5.41, 5.74) is 4.65. The first-order chi connectivity index (χ1) is 15.4. The van der Waals surface area contributed by atoms with E-state index in [9.17, 15) is 5.11 Å². The molecule has 0 amide bonds. The Bertz CT molecular complexity index is 743. The standard InChI is InChI=1S/C30H52O2Si/c1-21(2)29(32-33(6,7)8)18-11-22(3)27-16-17-28-25(10-9-19-30(27,28)5)13-12-24-14-15-26(31)20-23(24)4/h12-13,21-22,26-29,31H,4,9-11,14-20H2,1-3,5-8H3/b24-12-,25-13+/t22-,26-,27-,28+,29?,30-/m1/s1. The van der Waals surface area contributed by atoms with Gasteiger partial charge in [0.1, 0.15) is 0 Å². The molecular weight excluding hydrogens is 420 g/mol. The lowest BCUT2D eigenvalue weighted by Gasteiger charge is -2.44. The van der Waals surface area contributed by atoms with E-state index in [1.165, 1.54) is 50.5 Å². The van der Waals surface area contributed by atoms with Crippen molar-refractivity contribution in [3.8, 4) is 0 Å². The van der Waals surface area contributed by atoms with Crippen LogP contribution in [0.3, 0.4) is 0 Å². The van der Waals surface area contributed by atoms with Crippen LogP contribution in [0.25, 0.3) is 0 Å². The van der Waals surface area contributed by atoms with Crippen LogP contribution in [-0.4, -0.2) is 25.6 Å². The van der Waals surface area contributed by atoms with E-state index in [1.807, 2.05) is 0 Å². The van der Waals surface area contributed by atoms with Gasteiger partial charge in [-0.1, -0.05) is 52.0 Å². The third-order valence-corrected chi connectivity index (χ3v) is 10.1. The van der Waals surface area contributed by atoms with Gasteiger partial charge in [0.15, 0.2) is 8.32 Å². The molecule has 0 aromatic carbocycles. The highest BCUT2D eigenvalue weighted by molar-refractivity contribution is 6.69. The molecule has 0 aromatic rings. The van der Waals surface area contributed by atoms with E-state index in [4.69, 9.17) is 4.43 Å². The second kappa shape index (κ2) is 11.0. The molecule has 0 radical (unpaired) electrons. The molecule has 3 saturated carbocycles. The Morgan fingerprint density at radius 1 is 1.09 bits per heavy atom. The SMILES string of the molecule is C=C1C[C@H](O)CC/C1=C/C=C1\CCC[C@]2(C)[C@@H]([C@H](C)CCC(O[Si](C)(C)C)C(C)C)CC[C@@H]12. The fourth-order valence-electron chi connectivity index (χ4n) is 7.25. The van der Waals surface area contributed by atoms with Crippen molar-refractivity contribution in [2.24, 2.45) is 29.1 Å². The van der Waals surface area contributed by atoms with Crippen LogP contribution < -0.4 is 0 Å². The van der Waals surface area contributed by atoms with Crippen molar-refractivity contribution < 1.29 is 9.53 Å². The average Bonchev–Trinajstić information content (AvgIpc) is 3.07. The maximum absolute atomic E-state index is 9.91. The summed E-state index contributed by atoms with van der Waals surface area (Å²) in [4.78, 5) is 0. The van der Waals surface area contributed by atoms with Crippen LogP contribution in [-0.2, 0) is 4.43 Å². The van der Waals surface area contributed by atoms with E-state index in [0.29, 0.717) is 17.4 Å². The Morgan fingerprint density at radius 3 is 2.45 bits per heavy atom. The highest BCUT2D eigenvalue weighted by atomic mass is 28.4. The molecule has 0 aromatic heterocycles. The van der Waals surface area contributed by atoms with E-state index >= 15 is 0 Å². The first kappa shape index (κ1) is 27.0. The number of rotatable bonds is 8. The molecule has 6 atom stereocenters. The number of hydrogen-bond acceptors (Lipinski definition) is 2. The largest absolute Gasteiger partial charge is 0.414 e. The summed E-state index contributed by atoms with van der Waals surface area (Å²) in [6.45, 7) is 21.0. The minimum Gasteiger partial charge on any atom is -0.414 e. The van der Waals surface area contributed by atoms with Crippen LogP contribution in [0.1, 0.15) is 91.9 Å². The molecule has 3 rings (SSSR count). The third kappa shape index (κ3) is 6.73. The first-order valence-corrected chi connectivity index (χ1v) is 17.2. The maximum atomic E-state index is 9.91. The molecule has 3 aliphatic carbocycles. The molecule has 1 N–H and O–H groups in total. The van der Waals surface area contributed by atoms with Crippen LogP contribution in [0, 0.1) is 29.1 Å². The van der Waals surface area contributed by atoms with Crippen LogP contribution in [0.4, 0.5) is 0 Å². The topological polar surface area (TPSA) is 29.5 Å². The fourth-order valence-corrected chi connectivity index (χ4v) is 8.55. The molecule has 0 saturated heterocycles. The molecule has 1 unspecified atom stereocenters. The fraction of sp³-hybridized carbons (Fsp3) is 0.800. The number of aliphatic hydroxyl groups is 1. The molecule has 0 aliphatic heterocycles. The molecule has 33 heavy (non-hydrogen) atoms. The minimum absolute atomic E-state index is 0.191. The number of aliphatic hydroxyl groups excluding tert-OH is 1.